The molecule has 106 valence electrons. The SMILES string of the molecule is CC(/C=C/c1ccc(F)cc1)n1cncn1.O=[N+]([O-])O. The van der Waals surface area contributed by atoms with Gasteiger partial charge < -0.3 is 5.21 Å². The molecule has 0 amide bonds. The number of hydrogen-bond donors (Lipinski definition) is 1. The molecule has 0 bridgehead atoms. The van der Waals surface area contributed by atoms with Crippen LogP contribution in [0.2, 0.25) is 0 Å². The average Bonchev–Trinajstić information content (AvgIpc) is 2.91. The van der Waals surface area contributed by atoms with Crippen molar-refractivity contribution in [2.24, 2.45) is 0 Å². The van der Waals surface area contributed by atoms with Crippen LogP contribution in [0.4, 0.5) is 4.39 Å². The fourth-order valence-corrected chi connectivity index (χ4v) is 1.34. The summed E-state index contributed by atoms with van der Waals surface area (Å²) in [7, 11) is 0. The van der Waals surface area contributed by atoms with Gasteiger partial charge in [0.05, 0.1) is 6.04 Å². The second kappa shape index (κ2) is 7.62. The van der Waals surface area contributed by atoms with E-state index in [-0.39, 0.29) is 11.9 Å². The minimum atomic E-state index is -1.50. The van der Waals surface area contributed by atoms with E-state index in [0.717, 1.165) is 5.56 Å². The monoisotopic (exact) mass is 280 g/mol. The summed E-state index contributed by atoms with van der Waals surface area (Å²) in [5.41, 5.74) is 0.966. The van der Waals surface area contributed by atoms with E-state index in [0.29, 0.717) is 0 Å². The molecule has 0 fully saturated rings. The molecule has 2 aromatic rings. The minimum Gasteiger partial charge on any atom is -0.328 e. The van der Waals surface area contributed by atoms with Crippen molar-refractivity contribution < 1.29 is 14.7 Å². The number of benzene rings is 1. The number of nitrogens with zero attached hydrogens (tertiary/aromatic N) is 4. The van der Waals surface area contributed by atoms with E-state index < -0.39 is 5.09 Å². The lowest BCUT2D eigenvalue weighted by molar-refractivity contribution is -0.742. The number of allylic oxidation sites excluding steroid dienone is 1. The molecule has 2 rings (SSSR count). The van der Waals surface area contributed by atoms with E-state index in [9.17, 15) is 4.39 Å². The lowest BCUT2D eigenvalue weighted by Crippen LogP contribution is -2.01. The largest absolute Gasteiger partial charge is 0.328 e. The Kier molecular flexibility index (Phi) is 5.82. The van der Waals surface area contributed by atoms with Crippen molar-refractivity contribution in [3.63, 3.8) is 0 Å². The Bertz CT molecular complexity index is 551. The van der Waals surface area contributed by atoms with Crippen LogP contribution in [0.5, 0.6) is 0 Å². The van der Waals surface area contributed by atoms with E-state index in [1.54, 1.807) is 23.1 Å². The Balaban J connectivity index is 0.000000444. The maximum atomic E-state index is 12.7. The molecule has 0 saturated carbocycles. The van der Waals surface area contributed by atoms with Crippen molar-refractivity contribution in [2.75, 3.05) is 0 Å². The number of halogens is 1. The maximum Gasteiger partial charge on any atom is 0.291 e. The van der Waals surface area contributed by atoms with Gasteiger partial charge in [-0.3, -0.25) is 0 Å². The second-order valence-corrected chi connectivity index (χ2v) is 3.76. The van der Waals surface area contributed by atoms with E-state index >= 15 is 0 Å². The van der Waals surface area contributed by atoms with Crippen molar-refractivity contribution in [3.8, 4) is 0 Å². The normalized spacial score (nSPS) is 11.7. The van der Waals surface area contributed by atoms with E-state index in [4.69, 9.17) is 15.3 Å². The molecule has 0 aliphatic heterocycles. The first-order valence-corrected chi connectivity index (χ1v) is 5.60. The van der Waals surface area contributed by atoms with Gasteiger partial charge in [-0.25, -0.2) is 14.1 Å². The molecule has 1 atom stereocenters. The highest BCUT2D eigenvalue weighted by atomic mass is 19.1. The Morgan fingerprint density at radius 3 is 2.55 bits per heavy atom. The summed E-state index contributed by atoms with van der Waals surface area (Å²) >= 11 is 0. The Morgan fingerprint density at radius 1 is 1.45 bits per heavy atom. The number of aromatic nitrogens is 3. The van der Waals surface area contributed by atoms with Crippen molar-refractivity contribution in [1.29, 1.82) is 0 Å². The summed E-state index contributed by atoms with van der Waals surface area (Å²) in [6.07, 6.45) is 7.09. The standard InChI is InChI=1S/C12H12FN3.HNO3/c1-10(16-9-14-8-15-16)2-3-11-4-6-12(13)7-5-11;2-1(3)4/h2-10H,1H3;(H,2,3,4)/b3-2+;. The lowest BCUT2D eigenvalue weighted by Gasteiger charge is -2.04. The van der Waals surface area contributed by atoms with Gasteiger partial charge in [0.1, 0.15) is 18.5 Å². The Labute approximate surface area is 114 Å². The van der Waals surface area contributed by atoms with Crippen LogP contribution in [0.3, 0.4) is 0 Å². The maximum absolute atomic E-state index is 12.7. The van der Waals surface area contributed by atoms with Crippen LogP contribution in [0.1, 0.15) is 18.5 Å². The molecule has 20 heavy (non-hydrogen) atoms. The molecule has 1 aromatic carbocycles. The number of rotatable bonds is 3. The molecule has 0 aliphatic carbocycles. The smallest absolute Gasteiger partial charge is 0.291 e. The van der Waals surface area contributed by atoms with Gasteiger partial charge >= 0.3 is 0 Å². The van der Waals surface area contributed by atoms with Crippen LogP contribution in [-0.2, 0) is 0 Å². The first-order valence-electron chi connectivity index (χ1n) is 5.60. The van der Waals surface area contributed by atoms with Gasteiger partial charge in [-0.1, -0.05) is 24.3 Å². The first kappa shape index (κ1) is 15.3. The quantitative estimate of drug-likeness (QED) is 0.688. The van der Waals surface area contributed by atoms with Crippen molar-refractivity contribution in [2.45, 2.75) is 13.0 Å². The van der Waals surface area contributed by atoms with E-state index in [2.05, 4.69) is 10.1 Å². The van der Waals surface area contributed by atoms with Gasteiger partial charge in [-0.15, -0.1) is 10.1 Å². The Hall–Kier alpha value is -2.77. The summed E-state index contributed by atoms with van der Waals surface area (Å²) < 4.78 is 14.4. The van der Waals surface area contributed by atoms with Crippen molar-refractivity contribution in [1.82, 2.24) is 14.8 Å². The lowest BCUT2D eigenvalue weighted by atomic mass is 10.2. The van der Waals surface area contributed by atoms with Crippen LogP contribution < -0.4 is 0 Å². The summed E-state index contributed by atoms with van der Waals surface area (Å²) in [5.74, 6) is -0.221. The van der Waals surface area contributed by atoms with Crippen LogP contribution in [0.25, 0.3) is 6.08 Å². The number of hydrogen-bond acceptors (Lipinski definition) is 4. The zero-order chi connectivity index (χ0) is 15.0. The minimum absolute atomic E-state index is 0.132. The van der Waals surface area contributed by atoms with E-state index in [1.807, 2.05) is 19.1 Å². The first-order chi connectivity index (χ1) is 9.49. The topological polar surface area (TPSA) is 94.1 Å². The van der Waals surface area contributed by atoms with E-state index in [1.165, 1.54) is 18.5 Å². The molecule has 0 radical (unpaired) electrons. The van der Waals surface area contributed by atoms with Crippen LogP contribution >= 0.6 is 0 Å². The molecule has 7 nitrogen and oxygen atoms in total. The highest BCUT2D eigenvalue weighted by molar-refractivity contribution is 5.49. The third-order valence-electron chi connectivity index (χ3n) is 2.29. The van der Waals surface area contributed by atoms with Crippen molar-refractivity contribution >= 4 is 6.08 Å². The Morgan fingerprint density at radius 2 is 2.05 bits per heavy atom. The van der Waals surface area contributed by atoms with Gasteiger partial charge in [0.2, 0.25) is 0 Å². The highest BCUT2D eigenvalue weighted by Gasteiger charge is 1.99. The van der Waals surface area contributed by atoms with Gasteiger partial charge in [0, 0.05) is 0 Å². The van der Waals surface area contributed by atoms with Gasteiger partial charge in [-0.2, -0.15) is 5.10 Å². The molecule has 0 spiro atoms. The van der Waals surface area contributed by atoms with Gasteiger partial charge in [-0.05, 0) is 24.6 Å². The molecule has 1 unspecified atom stereocenters. The molecular weight excluding hydrogens is 267 g/mol. The fraction of sp³-hybridized carbons (Fsp3) is 0.167. The summed E-state index contributed by atoms with van der Waals surface area (Å²) in [6.45, 7) is 2.01. The van der Waals surface area contributed by atoms with Crippen LogP contribution in [-0.4, -0.2) is 25.1 Å². The zero-order valence-corrected chi connectivity index (χ0v) is 10.6. The van der Waals surface area contributed by atoms with Crippen LogP contribution in [0.15, 0.2) is 43.0 Å². The highest BCUT2D eigenvalue weighted by Crippen LogP contribution is 2.09. The van der Waals surface area contributed by atoms with Crippen molar-refractivity contribution in [3.05, 3.63) is 64.5 Å². The van der Waals surface area contributed by atoms with Gasteiger partial charge in [0.15, 0.2) is 0 Å². The summed E-state index contributed by atoms with van der Waals surface area (Å²) in [5, 5.41) is 17.7. The fourth-order valence-electron chi connectivity index (χ4n) is 1.34. The predicted octanol–water partition coefficient (Wildman–Crippen LogP) is 2.34. The molecule has 0 aliphatic rings. The second-order valence-electron chi connectivity index (χ2n) is 3.76. The molecule has 1 aromatic heterocycles. The van der Waals surface area contributed by atoms with Gasteiger partial charge in [0.25, 0.3) is 5.09 Å². The average molecular weight is 280 g/mol. The zero-order valence-electron chi connectivity index (χ0n) is 10.6. The molecular formula is C12H13FN4O3. The molecule has 1 heterocycles. The summed E-state index contributed by atoms with van der Waals surface area (Å²) in [6, 6.07) is 6.49. The molecule has 0 saturated heterocycles. The van der Waals surface area contributed by atoms with Crippen LogP contribution in [0, 0.1) is 15.9 Å². The molecule has 8 heteroatoms. The third kappa shape index (κ3) is 5.71. The summed E-state index contributed by atoms with van der Waals surface area (Å²) in [4.78, 5) is 12.2. The molecule has 1 N–H and O–H groups in total. The third-order valence-corrected chi connectivity index (χ3v) is 2.29. The predicted molar refractivity (Wildman–Crippen MR) is 68.9 cm³/mol.